The second-order valence-electron chi connectivity index (χ2n) is 5.60. The minimum atomic E-state index is 0.220. The summed E-state index contributed by atoms with van der Waals surface area (Å²) < 4.78 is 2.03. The van der Waals surface area contributed by atoms with E-state index in [-0.39, 0.29) is 6.04 Å². The third-order valence-corrected chi connectivity index (χ3v) is 4.08. The molecule has 1 heterocycles. The van der Waals surface area contributed by atoms with Crippen molar-refractivity contribution in [3.05, 3.63) is 16.9 Å². The van der Waals surface area contributed by atoms with E-state index >= 15 is 0 Å². The molecule has 0 aliphatic heterocycles. The van der Waals surface area contributed by atoms with Crippen LogP contribution in [0, 0.1) is 5.92 Å². The molecule has 1 aromatic heterocycles. The van der Waals surface area contributed by atoms with Crippen LogP contribution in [-0.2, 0) is 0 Å². The van der Waals surface area contributed by atoms with Crippen molar-refractivity contribution in [2.45, 2.75) is 58.0 Å². The highest BCUT2D eigenvalue weighted by Crippen LogP contribution is 2.38. The molecule has 0 bridgehead atoms. The van der Waals surface area contributed by atoms with Gasteiger partial charge in [-0.2, -0.15) is 5.10 Å². The molecule has 3 nitrogen and oxygen atoms in total. The quantitative estimate of drug-likeness (QED) is 0.881. The van der Waals surface area contributed by atoms with E-state index in [1.165, 1.54) is 6.42 Å². The van der Waals surface area contributed by atoms with Gasteiger partial charge in [-0.3, -0.25) is 4.68 Å². The molecule has 0 radical (unpaired) electrons. The monoisotopic (exact) mass is 255 g/mol. The summed E-state index contributed by atoms with van der Waals surface area (Å²) in [5.74, 6) is 1.09. The lowest BCUT2D eigenvalue weighted by molar-refractivity contribution is 0.291. The number of halogens is 1. The van der Waals surface area contributed by atoms with Gasteiger partial charge in [0.15, 0.2) is 0 Å². The van der Waals surface area contributed by atoms with Crippen molar-refractivity contribution >= 4 is 11.6 Å². The van der Waals surface area contributed by atoms with Crippen molar-refractivity contribution < 1.29 is 0 Å². The lowest BCUT2D eigenvalue weighted by atomic mass is 9.77. The Morgan fingerprint density at radius 3 is 2.82 bits per heavy atom. The normalized spacial score (nSPS) is 29.9. The molecule has 1 aliphatic rings. The van der Waals surface area contributed by atoms with Crippen molar-refractivity contribution in [1.82, 2.24) is 9.78 Å². The summed E-state index contributed by atoms with van der Waals surface area (Å²) in [6.45, 7) is 6.55. The Bertz CT molecular complexity index is 386. The molecule has 0 aromatic carbocycles. The lowest BCUT2D eigenvalue weighted by Crippen LogP contribution is -2.35. The van der Waals surface area contributed by atoms with Gasteiger partial charge in [0.2, 0.25) is 0 Å². The molecular weight excluding hydrogens is 234 g/mol. The Balaban J connectivity index is 2.34. The third kappa shape index (κ3) is 2.50. The zero-order valence-electron chi connectivity index (χ0n) is 10.9. The molecule has 1 aromatic rings. The maximum absolute atomic E-state index is 6.30. The van der Waals surface area contributed by atoms with E-state index in [0.29, 0.717) is 12.0 Å². The molecule has 0 saturated heterocycles. The molecule has 1 fully saturated rings. The summed E-state index contributed by atoms with van der Waals surface area (Å²) in [6, 6.07) is 0.555. The first kappa shape index (κ1) is 12.9. The van der Waals surface area contributed by atoms with E-state index in [1.54, 1.807) is 6.20 Å². The van der Waals surface area contributed by atoms with Gasteiger partial charge in [-0.25, -0.2) is 0 Å². The van der Waals surface area contributed by atoms with Gasteiger partial charge in [0.25, 0.3) is 0 Å². The number of hydrogen-bond acceptors (Lipinski definition) is 2. The molecule has 1 saturated carbocycles. The van der Waals surface area contributed by atoms with E-state index < -0.39 is 0 Å². The predicted octanol–water partition coefficient (Wildman–Crippen LogP) is 3.35. The van der Waals surface area contributed by atoms with Crippen LogP contribution in [0.5, 0.6) is 0 Å². The molecular formula is C13H22ClN3. The summed E-state index contributed by atoms with van der Waals surface area (Å²) in [6.07, 6.45) is 5.19. The molecule has 4 heteroatoms. The van der Waals surface area contributed by atoms with E-state index in [4.69, 9.17) is 17.3 Å². The van der Waals surface area contributed by atoms with Gasteiger partial charge in [-0.1, -0.05) is 18.5 Å². The summed E-state index contributed by atoms with van der Waals surface area (Å²) >= 11 is 6.30. The first-order valence-corrected chi connectivity index (χ1v) is 6.87. The summed E-state index contributed by atoms with van der Waals surface area (Å²) in [4.78, 5) is 0. The average Bonchev–Trinajstić information content (AvgIpc) is 2.64. The van der Waals surface area contributed by atoms with Gasteiger partial charge in [0, 0.05) is 18.0 Å². The number of aromatic nitrogens is 2. The van der Waals surface area contributed by atoms with E-state index in [0.717, 1.165) is 29.5 Å². The zero-order chi connectivity index (χ0) is 12.6. The van der Waals surface area contributed by atoms with Crippen LogP contribution in [0.15, 0.2) is 6.20 Å². The van der Waals surface area contributed by atoms with Crippen molar-refractivity contribution in [2.24, 2.45) is 11.7 Å². The Morgan fingerprint density at radius 2 is 2.18 bits per heavy atom. The molecule has 1 aliphatic carbocycles. The number of nitrogens with two attached hydrogens (primary N) is 1. The smallest absolute Gasteiger partial charge is 0.0821 e. The van der Waals surface area contributed by atoms with Gasteiger partial charge in [0.05, 0.1) is 16.9 Å². The highest BCUT2D eigenvalue weighted by Gasteiger charge is 2.31. The van der Waals surface area contributed by atoms with Gasteiger partial charge < -0.3 is 5.73 Å². The highest BCUT2D eigenvalue weighted by molar-refractivity contribution is 6.31. The largest absolute Gasteiger partial charge is 0.327 e. The second kappa shape index (κ2) is 4.99. The molecule has 0 amide bonds. The summed E-state index contributed by atoms with van der Waals surface area (Å²) in [5.41, 5.74) is 7.41. The SMILES string of the molecule is CC1CCC(N)C(c2c(Cl)cnn2C(C)C)C1. The van der Waals surface area contributed by atoms with Crippen LogP contribution in [0.2, 0.25) is 5.02 Å². The fraction of sp³-hybridized carbons (Fsp3) is 0.769. The second-order valence-corrected chi connectivity index (χ2v) is 6.01. The van der Waals surface area contributed by atoms with Crippen molar-refractivity contribution in [3.63, 3.8) is 0 Å². The van der Waals surface area contributed by atoms with Crippen LogP contribution in [0.3, 0.4) is 0 Å². The predicted molar refractivity (Wildman–Crippen MR) is 71.4 cm³/mol. The first-order valence-electron chi connectivity index (χ1n) is 6.49. The molecule has 0 spiro atoms. The Labute approximate surface area is 108 Å². The summed E-state index contributed by atoms with van der Waals surface area (Å²) in [5, 5.41) is 5.15. The first-order chi connectivity index (χ1) is 8.00. The van der Waals surface area contributed by atoms with Crippen molar-refractivity contribution in [3.8, 4) is 0 Å². The minimum absolute atomic E-state index is 0.220. The maximum atomic E-state index is 6.30. The van der Waals surface area contributed by atoms with E-state index in [1.807, 2.05) is 4.68 Å². The standard InChI is InChI=1S/C13H22ClN3/c1-8(2)17-13(11(14)7-16-17)10-6-9(3)4-5-12(10)15/h7-10,12H,4-6,15H2,1-3H3. The van der Waals surface area contributed by atoms with Crippen molar-refractivity contribution in [2.75, 3.05) is 0 Å². The van der Waals surface area contributed by atoms with Gasteiger partial charge in [0.1, 0.15) is 0 Å². The summed E-state index contributed by atoms with van der Waals surface area (Å²) in [7, 11) is 0. The number of hydrogen-bond donors (Lipinski definition) is 1. The minimum Gasteiger partial charge on any atom is -0.327 e. The fourth-order valence-corrected chi connectivity index (χ4v) is 3.10. The third-order valence-electron chi connectivity index (χ3n) is 3.79. The Morgan fingerprint density at radius 1 is 1.47 bits per heavy atom. The topological polar surface area (TPSA) is 43.8 Å². The van der Waals surface area contributed by atoms with Crippen LogP contribution in [0.25, 0.3) is 0 Å². The molecule has 17 heavy (non-hydrogen) atoms. The number of nitrogens with zero attached hydrogens (tertiary/aromatic N) is 2. The molecule has 2 rings (SSSR count). The maximum Gasteiger partial charge on any atom is 0.0821 e. The van der Waals surface area contributed by atoms with E-state index in [9.17, 15) is 0 Å². The van der Waals surface area contributed by atoms with Crippen LogP contribution >= 0.6 is 11.6 Å². The number of rotatable bonds is 2. The zero-order valence-corrected chi connectivity index (χ0v) is 11.6. The van der Waals surface area contributed by atoms with Crippen LogP contribution in [0.4, 0.5) is 0 Å². The molecule has 3 unspecified atom stereocenters. The van der Waals surface area contributed by atoms with E-state index in [2.05, 4.69) is 25.9 Å². The molecule has 2 N–H and O–H groups in total. The Kier molecular flexibility index (Phi) is 3.79. The Hall–Kier alpha value is -0.540. The van der Waals surface area contributed by atoms with Crippen LogP contribution in [0.1, 0.15) is 57.7 Å². The highest BCUT2D eigenvalue weighted by atomic mass is 35.5. The van der Waals surface area contributed by atoms with Crippen molar-refractivity contribution in [1.29, 1.82) is 0 Å². The van der Waals surface area contributed by atoms with Crippen LogP contribution < -0.4 is 5.73 Å². The van der Waals surface area contributed by atoms with Gasteiger partial charge in [-0.15, -0.1) is 0 Å². The molecule has 3 atom stereocenters. The lowest BCUT2D eigenvalue weighted by Gasteiger charge is -2.33. The molecule has 96 valence electrons. The fourth-order valence-electron chi connectivity index (χ4n) is 2.83. The average molecular weight is 256 g/mol. The van der Waals surface area contributed by atoms with Gasteiger partial charge in [-0.05, 0) is 39.0 Å². The van der Waals surface area contributed by atoms with Crippen LogP contribution in [-0.4, -0.2) is 15.8 Å². The van der Waals surface area contributed by atoms with Gasteiger partial charge >= 0.3 is 0 Å².